The summed E-state index contributed by atoms with van der Waals surface area (Å²) in [4.78, 5) is 28.0. The van der Waals surface area contributed by atoms with E-state index in [0.29, 0.717) is 0 Å². The Morgan fingerprint density at radius 2 is 1.52 bits per heavy atom. The van der Waals surface area contributed by atoms with E-state index in [1.54, 1.807) is 0 Å². The number of nitrogens with zero attached hydrogens (tertiary/aromatic N) is 1. The third kappa shape index (κ3) is 2.36. The molecule has 1 saturated heterocycles. The number of hydrogen-bond acceptors (Lipinski definition) is 2. The highest BCUT2D eigenvalue weighted by Gasteiger charge is 2.57. The van der Waals surface area contributed by atoms with Crippen LogP contribution in [0.1, 0.15) is 78.1 Å². The Bertz CT molecular complexity index is 432. The molecule has 2 aliphatic carbocycles. The highest BCUT2D eigenvalue weighted by Crippen LogP contribution is 2.42. The Morgan fingerprint density at radius 3 is 2.14 bits per heavy atom. The molecule has 0 atom stereocenters. The van der Waals surface area contributed by atoms with E-state index in [1.165, 1.54) is 25.7 Å². The molecule has 118 valence electrons. The molecule has 4 nitrogen and oxygen atoms in total. The minimum atomic E-state index is -0.753. The van der Waals surface area contributed by atoms with Gasteiger partial charge in [-0.05, 0) is 39.5 Å². The van der Waals surface area contributed by atoms with Crippen LogP contribution >= 0.6 is 0 Å². The molecule has 0 unspecified atom stereocenters. The lowest BCUT2D eigenvalue weighted by atomic mass is 9.74. The number of carbonyl (C=O) groups excluding carboxylic acids is 2. The molecule has 1 spiro atoms. The molecule has 3 rings (SSSR count). The fourth-order valence-corrected chi connectivity index (χ4v) is 4.52. The summed E-state index contributed by atoms with van der Waals surface area (Å²) in [5.74, 6) is 0.230. The molecule has 0 aromatic rings. The number of carbonyl (C=O) groups is 2. The Labute approximate surface area is 127 Å². The first-order valence-electron chi connectivity index (χ1n) is 8.64. The summed E-state index contributed by atoms with van der Waals surface area (Å²) in [5, 5.41) is 3.00. The quantitative estimate of drug-likeness (QED) is 0.808. The predicted octanol–water partition coefficient (Wildman–Crippen LogP) is 2.76. The molecule has 1 heterocycles. The van der Waals surface area contributed by atoms with E-state index in [4.69, 9.17) is 0 Å². The zero-order valence-electron chi connectivity index (χ0n) is 13.4. The number of hydrogen-bond donors (Lipinski definition) is 1. The fraction of sp³-hybridized carbons (Fsp3) is 0.882. The maximum Gasteiger partial charge on any atom is 0.248 e. The van der Waals surface area contributed by atoms with Gasteiger partial charge in [-0.2, -0.15) is 0 Å². The van der Waals surface area contributed by atoms with Crippen molar-refractivity contribution in [1.29, 1.82) is 0 Å². The molecule has 0 aromatic heterocycles. The number of nitrogens with one attached hydrogen (secondary N) is 1. The summed E-state index contributed by atoms with van der Waals surface area (Å²) < 4.78 is 0. The van der Waals surface area contributed by atoms with Crippen molar-refractivity contribution in [3.8, 4) is 0 Å². The van der Waals surface area contributed by atoms with Gasteiger partial charge in [0.25, 0.3) is 0 Å². The second-order valence-electron chi connectivity index (χ2n) is 7.64. The number of amides is 2. The maximum atomic E-state index is 13.1. The van der Waals surface area contributed by atoms with Gasteiger partial charge >= 0.3 is 0 Å². The third-order valence-corrected chi connectivity index (χ3v) is 5.68. The molecule has 1 N–H and O–H groups in total. The van der Waals surface area contributed by atoms with Crippen LogP contribution in [0.2, 0.25) is 0 Å². The van der Waals surface area contributed by atoms with E-state index < -0.39 is 11.1 Å². The summed E-state index contributed by atoms with van der Waals surface area (Å²) in [7, 11) is 0. The van der Waals surface area contributed by atoms with Crippen molar-refractivity contribution in [2.24, 2.45) is 0 Å². The molecule has 0 aromatic carbocycles. The first-order chi connectivity index (χ1) is 9.97. The molecule has 0 bridgehead atoms. The monoisotopic (exact) mass is 292 g/mol. The molecule has 2 amide bonds. The topological polar surface area (TPSA) is 49.4 Å². The van der Waals surface area contributed by atoms with Gasteiger partial charge in [-0.3, -0.25) is 9.59 Å². The summed E-state index contributed by atoms with van der Waals surface area (Å²) in [6, 6.07) is 0.273. The van der Waals surface area contributed by atoms with E-state index in [0.717, 1.165) is 38.5 Å². The van der Waals surface area contributed by atoms with E-state index >= 15 is 0 Å². The molecule has 1 aliphatic heterocycles. The largest absolute Gasteiger partial charge is 0.340 e. The Balaban J connectivity index is 1.98. The minimum Gasteiger partial charge on any atom is -0.340 e. The fourth-order valence-electron chi connectivity index (χ4n) is 4.52. The van der Waals surface area contributed by atoms with Crippen LogP contribution < -0.4 is 5.32 Å². The van der Waals surface area contributed by atoms with Crippen LogP contribution in [0, 0.1) is 0 Å². The van der Waals surface area contributed by atoms with Gasteiger partial charge in [0.1, 0.15) is 11.1 Å². The van der Waals surface area contributed by atoms with Crippen LogP contribution in [-0.4, -0.2) is 33.8 Å². The van der Waals surface area contributed by atoms with E-state index in [1.807, 2.05) is 18.7 Å². The Morgan fingerprint density at radius 1 is 0.952 bits per heavy atom. The Kier molecular flexibility index (Phi) is 3.74. The highest BCUT2D eigenvalue weighted by atomic mass is 16.2. The van der Waals surface area contributed by atoms with Crippen LogP contribution in [0.25, 0.3) is 0 Å². The van der Waals surface area contributed by atoms with Crippen LogP contribution in [0.5, 0.6) is 0 Å². The molecule has 0 radical (unpaired) electrons. The van der Waals surface area contributed by atoms with Crippen LogP contribution in [0.15, 0.2) is 0 Å². The first-order valence-corrected chi connectivity index (χ1v) is 8.64. The van der Waals surface area contributed by atoms with Crippen LogP contribution in [0.4, 0.5) is 0 Å². The predicted molar refractivity (Wildman–Crippen MR) is 81.8 cm³/mol. The second kappa shape index (κ2) is 5.29. The van der Waals surface area contributed by atoms with Gasteiger partial charge in [0.15, 0.2) is 0 Å². The van der Waals surface area contributed by atoms with Gasteiger partial charge in [-0.15, -0.1) is 0 Å². The zero-order chi connectivity index (χ0) is 15.1. The van der Waals surface area contributed by atoms with Crippen molar-refractivity contribution in [2.75, 3.05) is 0 Å². The van der Waals surface area contributed by atoms with Crippen molar-refractivity contribution in [1.82, 2.24) is 10.2 Å². The average Bonchev–Trinajstić information content (AvgIpc) is 2.48. The SMILES string of the molecule is CC1(C)NC(=O)C2(CCCCC2)N(C2CCCCC2)C1=O. The number of rotatable bonds is 1. The molecule has 21 heavy (non-hydrogen) atoms. The van der Waals surface area contributed by atoms with E-state index in [9.17, 15) is 9.59 Å². The van der Waals surface area contributed by atoms with Crippen LogP contribution in [-0.2, 0) is 9.59 Å². The summed E-state index contributed by atoms with van der Waals surface area (Å²) >= 11 is 0. The van der Waals surface area contributed by atoms with Gasteiger partial charge in [0.05, 0.1) is 0 Å². The molecular weight excluding hydrogens is 264 g/mol. The molecular formula is C17H28N2O2. The third-order valence-electron chi connectivity index (χ3n) is 5.68. The van der Waals surface area contributed by atoms with Crippen molar-refractivity contribution < 1.29 is 9.59 Å². The van der Waals surface area contributed by atoms with Gasteiger partial charge in [-0.25, -0.2) is 0 Å². The smallest absolute Gasteiger partial charge is 0.248 e. The molecule has 3 aliphatic rings. The number of piperazine rings is 1. The average molecular weight is 292 g/mol. The normalized spacial score (nSPS) is 29.5. The van der Waals surface area contributed by atoms with Crippen molar-refractivity contribution >= 4 is 11.8 Å². The van der Waals surface area contributed by atoms with Gasteiger partial charge in [0.2, 0.25) is 11.8 Å². The molecule has 4 heteroatoms. The zero-order valence-corrected chi connectivity index (χ0v) is 13.4. The van der Waals surface area contributed by atoms with Crippen molar-refractivity contribution in [2.45, 2.75) is 95.2 Å². The first kappa shape index (κ1) is 14.9. The Hall–Kier alpha value is -1.06. The molecule has 2 saturated carbocycles. The van der Waals surface area contributed by atoms with Gasteiger partial charge in [-0.1, -0.05) is 38.5 Å². The standard InChI is InChI=1S/C17H28N2O2/c1-16(2)15(21)19(13-9-5-3-6-10-13)17(14(20)18-16)11-7-4-8-12-17/h13H,3-12H2,1-2H3,(H,18,20). The molecule has 3 fully saturated rings. The minimum absolute atomic E-state index is 0.0948. The van der Waals surface area contributed by atoms with E-state index in [-0.39, 0.29) is 17.9 Å². The lowest BCUT2D eigenvalue weighted by Crippen LogP contribution is -2.76. The summed E-state index contributed by atoms with van der Waals surface area (Å²) in [6.45, 7) is 3.69. The highest BCUT2D eigenvalue weighted by molar-refractivity contribution is 6.02. The van der Waals surface area contributed by atoms with Gasteiger partial charge in [0, 0.05) is 6.04 Å². The second-order valence-corrected chi connectivity index (χ2v) is 7.64. The van der Waals surface area contributed by atoms with Crippen molar-refractivity contribution in [3.05, 3.63) is 0 Å². The van der Waals surface area contributed by atoms with Gasteiger partial charge < -0.3 is 10.2 Å². The van der Waals surface area contributed by atoms with Crippen molar-refractivity contribution in [3.63, 3.8) is 0 Å². The summed E-state index contributed by atoms with van der Waals surface area (Å²) in [6.07, 6.45) is 10.8. The van der Waals surface area contributed by atoms with Crippen LogP contribution in [0.3, 0.4) is 0 Å². The maximum absolute atomic E-state index is 13.1. The van der Waals surface area contributed by atoms with E-state index in [2.05, 4.69) is 5.32 Å². The summed E-state index contributed by atoms with van der Waals surface area (Å²) in [5.41, 5.74) is -1.30. The lowest BCUT2D eigenvalue weighted by molar-refractivity contribution is -0.169. The lowest BCUT2D eigenvalue weighted by Gasteiger charge is -2.55.